The lowest BCUT2D eigenvalue weighted by Gasteiger charge is -2.08. The maximum atomic E-state index is 11.7. The second-order valence-corrected chi connectivity index (χ2v) is 4.40. The lowest BCUT2D eigenvalue weighted by atomic mass is 10.2. The van der Waals surface area contributed by atoms with E-state index in [2.05, 4.69) is 15.7 Å². The molecule has 0 aliphatic heterocycles. The summed E-state index contributed by atoms with van der Waals surface area (Å²) in [6, 6.07) is 9.15. The molecule has 4 N–H and O–H groups in total. The quantitative estimate of drug-likeness (QED) is 0.698. The number of hydrogen-bond acceptors (Lipinski definition) is 3. The number of urea groups is 1. The van der Waals surface area contributed by atoms with Crippen molar-refractivity contribution in [3.05, 3.63) is 48.3 Å². The van der Waals surface area contributed by atoms with Crippen LogP contribution in [0, 0.1) is 0 Å². The maximum Gasteiger partial charge on any atom is 0.319 e. The third-order valence-corrected chi connectivity index (χ3v) is 2.86. The molecule has 0 spiro atoms. The smallest absolute Gasteiger partial charge is 0.319 e. The SMILES string of the molecule is NCc1ccc(NC(=O)NCCCn2cccn2)cc1. The van der Waals surface area contributed by atoms with Gasteiger partial charge in [-0.15, -0.1) is 0 Å². The molecular formula is C14H19N5O. The monoisotopic (exact) mass is 273 g/mol. The first-order valence-electron chi connectivity index (χ1n) is 6.59. The first-order valence-corrected chi connectivity index (χ1v) is 6.59. The van der Waals surface area contributed by atoms with E-state index in [0.717, 1.165) is 24.2 Å². The zero-order valence-electron chi connectivity index (χ0n) is 11.2. The molecule has 20 heavy (non-hydrogen) atoms. The molecule has 0 bridgehead atoms. The number of nitrogens with one attached hydrogen (secondary N) is 2. The molecule has 1 aromatic carbocycles. The summed E-state index contributed by atoms with van der Waals surface area (Å²) in [4.78, 5) is 11.7. The van der Waals surface area contributed by atoms with E-state index in [1.807, 2.05) is 41.2 Å². The zero-order chi connectivity index (χ0) is 14.2. The first kappa shape index (κ1) is 14.1. The third-order valence-electron chi connectivity index (χ3n) is 2.86. The van der Waals surface area contributed by atoms with Gasteiger partial charge in [0.05, 0.1) is 0 Å². The Balaban J connectivity index is 1.66. The molecule has 0 aliphatic carbocycles. The van der Waals surface area contributed by atoms with Crippen LogP contribution in [0.1, 0.15) is 12.0 Å². The zero-order valence-corrected chi connectivity index (χ0v) is 11.2. The highest BCUT2D eigenvalue weighted by molar-refractivity contribution is 5.89. The van der Waals surface area contributed by atoms with E-state index in [4.69, 9.17) is 5.73 Å². The van der Waals surface area contributed by atoms with Crippen LogP contribution < -0.4 is 16.4 Å². The van der Waals surface area contributed by atoms with Crippen molar-refractivity contribution in [2.75, 3.05) is 11.9 Å². The molecule has 0 unspecified atom stereocenters. The van der Waals surface area contributed by atoms with Gasteiger partial charge in [-0.3, -0.25) is 4.68 Å². The van der Waals surface area contributed by atoms with Crippen LogP contribution in [0.25, 0.3) is 0 Å². The van der Waals surface area contributed by atoms with Crippen LogP contribution in [0.15, 0.2) is 42.7 Å². The summed E-state index contributed by atoms with van der Waals surface area (Å²) in [5.41, 5.74) is 7.31. The molecule has 2 amide bonds. The molecule has 2 rings (SSSR count). The van der Waals surface area contributed by atoms with Crippen molar-refractivity contribution in [2.45, 2.75) is 19.5 Å². The van der Waals surface area contributed by atoms with Crippen LogP contribution in [0.5, 0.6) is 0 Å². The summed E-state index contributed by atoms with van der Waals surface area (Å²) in [5.74, 6) is 0. The van der Waals surface area contributed by atoms with Crippen molar-refractivity contribution in [1.29, 1.82) is 0 Å². The minimum atomic E-state index is -0.203. The van der Waals surface area contributed by atoms with Crippen LogP contribution >= 0.6 is 0 Å². The number of carbonyl (C=O) groups excluding carboxylic acids is 1. The average molecular weight is 273 g/mol. The van der Waals surface area contributed by atoms with E-state index in [1.54, 1.807) is 6.20 Å². The van der Waals surface area contributed by atoms with E-state index >= 15 is 0 Å². The van der Waals surface area contributed by atoms with Gasteiger partial charge in [0, 0.05) is 37.7 Å². The largest absolute Gasteiger partial charge is 0.338 e. The number of aryl methyl sites for hydroxylation is 1. The Morgan fingerprint density at radius 3 is 2.75 bits per heavy atom. The lowest BCUT2D eigenvalue weighted by Crippen LogP contribution is -2.30. The van der Waals surface area contributed by atoms with Gasteiger partial charge in [-0.2, -0.15) is 5.10 Å². The molecule has 106 valence electrons. The first-order chi connectivity index (χ1) is 9.78. The highest BCUT2D eigenvalue weighted by Crippen LogP contribution is 2.08. The van der Waals surface area contributed by atoms with E-state index < -0.39 is 0 Å². The van der Waals surface area contributed by atoms with Gasteiger partial charge in [0.15, 0.2) is 0 Å². The van der Waals surface area contributed by atoms with Gasteiger partial charge < -0.3 is 16.4 Å². The predicted octanol–water partition coefficient (Wildman–Crippen LogP) is 1.55. The number of benzene rings is 1. The van der Waals surface area contributed by atoms with Gasteiger partial charge in [-0.1, -0.05) is 12.1 Å². The number of rotatable bonds is 6. The number of anilines is 1. The molecule has 0 fully saturated rings. The number of nitrogens with zero attached hydrogens (tertiary/aromatic N) is 2. The Morgan fingerprint density at radius 1 is 1.30 bits per heavy atom. The molecule has 1 aromatic heterocycles. The minimum absolute atomic E-state index is 0.203. The second kappa shape index (κ2) is 7.30. The van der Waals surface area contributed by atoms with Crippen molar-refractivity contribution in [3.63, 3.8) is 0 Å². The summed E-state index contributed by atoms with van der Waals surface area (Å²) >= 11 is 0. The third kappa shape index (κ3) is 4.40. The van der Waals surface area contributed by atoms with E-state index in [1.165, 1.54) is 0 Å². The predicted molar refractivity (Wildman–Crippen MR) is 78.2 cm³/mol. The van der Waals surface area contributed by atoms with Crippen molar-refractivity contribution in [2.24, 2.45) is 5.73 Å². The summed E-state index contributed by atoms with van der Waals surface area (Å²) in [6.07, 6.45) is 4.48. The normalized spacial score (nSPS) is 10.2. The Hall–Kier alpha value is -2.34. The van der Waals surface area contributed by atoms with Crippen LogP contribution in [0.2, 0.25) is 0 Å². The van der Waals surface area contributed by atoms with E-state index in [-0.39, 0.29) is 6.03 Å². The minimum Gasteiger partial charge on any atom is -0.338 e. The van der Waals surface area contributed by atoms with Crippen LogP contribution in [0.4, 0.5) is 10.5 Å². The molecule has 0 radical (unpaired) electrons. The molecule has 0 saturated carbocycles. The molecule has 1 heterocycles. The van der Waals surface area contributed by atoms with Gasteiger partial charge in [0.1, 0.15) is 0 Å². The van der Waals surface area contributed by atoms with Gasteiger partial charge in [-0.05, 0) is 30.2 Å². The average Bonchev–Trinajstić information content (AvgIpc) is 2.98. The van der Waals surface area contributed by atoms with Crippen molar-refractivity contribution >= 4 is 11.7 Å². The fraction of sp³-hybridized carbons (Fsp3) is 0.286. The maximum absolute atomic E-state index is 11.7. The summed E-state index contributed by atoms with van der Waals surface area (Å²) in [5, 5.41) is 9.68. The van der Waals surface area contributed by atoms with Gasteiger partial charge in [0.25, 0.3) is 0 Å². The highest BCUT2D eigenvalue weighted by atomic mass is 16.2. The van der Waals surface area contributed by atoms with E-state index in [9.17, 15) is 4.79 Å². The Kier molecular flexibility index (Phi) is 5.14. The number of hydrogen-bond donors (Lipinski definition) is 3. The fourth-order valence-corrected chi connectivity index (χ4v) is 1.78. The van der Waals surface area contributed by atoms with Gasteiger partial charge in [0.2, 0.25) is 0 Å². The topological polar surface area (TPSA) is 85.0 Å². The van der Waals surface area contributed by atoms with Crippen molar-refractivity contribution in [1.82, 2.24) is 15.1 Å². The number of carbonyl (C=O) groups is 1. The molecular weight excluding hydrogens is 254 g/mol. The van der Waals surface area contributed by atoms with E-state index in [0.29, 0.717) is 13.1 Å². The summed E-state index contributed by atoms with van der Waals surface area (Å²) in [7, 11) is 0. The molecule has 0 saturated heterocycles. The Labute approximate surface area is 118 Å². The molecule has 0 aliphatic rings. The highest BCUT2D eigenvalue weighted by Gasteiger charge is 2.01. The Bertz CT molecular complexity index is 521. The standard InChI is InChI=1S/C14H19N5O/c15-11-12-3-5-13(6-4-12)18-14(20)16-7-1-9-19-10-2-8-17-19/h2-6,8,10H,1,7,9,11,15H2,(H2,16,18,20). The molecule has 0 atom stereocenters. The fourth-order valence-electron chi connectivity index (χ4n) is 1.78. The second-order valence-electron chi connectivity index (χ2n) is 4.40. The molecule has 6 nitrogen and oxygen atoms in total. The van der Waals surface area contributed by atoms with Crippen LogP contribution in [0.3, 0.4) is 0 Å². The van der Waals surface area contributed by atoms with Crippen LogP contribution in [-0.4, -0.2) is 22.4 Å². The van der Waals surface area contributed by atoms with Crippen molar-refractivity contribution < 1.29 is 4.79 Å². The summed E-state index contributed by atoms with van der Waals surface area (Å²) in [6.45, 7) is 1.89. The number of amides is 2. The number of aromatic nitrogens is 2. The van der Waals surface area contributed by atoms with Gasteiger partial charge >= 0.3 is 6.03 Å². The van der Waals surface area contributed by atoms with Crippen molar-refractivity contribution in [3.8, 4) is 0 Å². The summed E-state index contributed by atoms with van der Waals surface area (Å²) < 4.78 is 1.84. The lowest BCUT2D eigenvalue weighted by molar-refractivity contribution is 0.251. The number of nitrogens with two attached hydrogens (primary N) is 1. The molecule has 2 aromatic rings. The Morgan fingerprint density at radius 2 is 2.10 bits per heavy atom. The molecule has 6 heteroatoms. The van der Waals surface area contributed by atoms with Gasteiger partial charge in [-0.25, -0.2) is 4.79 Å². The van der Waals surface area contributed by atoms with Crippen LogP contribution in [-0.2, 0) is 13.1 Å².